The minimum Gasteiger partial charge on any atom is -0.447 e. The van der Waals surface area contributed by atoms with E-state index in [0.717, 1.165) is 16.7 Å². The van der Waals surface area contributed by atoms with Crippen LogP contribution in [0.1, 0.15) is 28.4 Å². The lowest BCUT2D eigenvalue weighted by Crippen LogP contribution is -2.15. The first-order valence-electron chi connectivity index (χ1n) is 5.11. The molecule has 0 spiro atoms. The summed E-state index contributed by atoms with van der Waals surface area (Å²) in [6.45, 7) is 5.99. The van der Waals surface area contributed by atoms with Crippen LogP contribution < -0.4 is 5.73 Å². The zero-order valence-electron chi connectivity index (χ0n) is 9.57. The molecule has 4 heteroatoms. The van der Waals surface area contributed by atoms with Gasteiger partial charge in [-0.05, 0) is 37.5 Å². The monoisotopic (exact) mass is 218 g/mol. The van der Waals surface area contributed by atoms with Crippen LogP contribution in [-0.2, 0) is 9.53 Å². The topological polar surface area (TPSA) is 64.7 Å². The molecule has 2 rings (SSSR count). The van der Waals surface area contributed by atoms with Gasteiger partial charge in [-0.3, -0.25) is 4.79 Å². The molecule has 1 aliphatic rings. The Morgan fingerprint density at radius 1 is 1.19 bits per heavy atom. The number of aryl methyl sites for hydroxylation is 3. The molecular formula is C12H14N2O2. The minimum atomic E-state index is -0.667. The Balaban J connectivity index is 2.43. The van der Waals surface area contributed by atoms with Crippen molar-refractivity contribution in [3.63, 3.8) is 0 Å². The normalized spacial score (nSPS) is 19.6. The van der Waals surface area contributed by atoms with Gasteiger partial charge in [0, 0.05) is 5.56 Å². The third kappa shape index (κ3) is 1.66. The van der Waals surface area contributed by atoms with Crippen LogP contribution in [0.3, 0.4) is 0 Å². The maximum Gasteiger partial charge on any atom is 0.296 e. The van der Waals surface area contributed by atoms with Crippen molar-refractivity contribution in [2.24, 2.45) is 10.7 Å². The second-order valence-corrected chi connectivity index (χ2v) is 4.08. The molecule has 0 aromatic heterocycles. The summed E-state index contributed by atoms with van der Waals surface area (Å²) in [5.41, 5.74) is 9.56. The zero-order valence-corrected chi connectivity index (χ0v) is 9.57. The van der Waals surface area contributed by atoms with E-state index in [2.05, 4.69) is 4.99 Å². The predicted octanol–water partition coefficient (Wildman–Crippen LogP) is 1.52. The quantitative estimate of drug-likeness (QED) is 0.777. The van der Waals surface area contributed by atoms with Gasteiger partial charge >= 0.3 is 0 Å². The number of hydrogen-bond donors (Lipinski definition) is 1. The molecule has 1 aliphatic heterocycles. The molecule has 0 aliphatic carbocycles. The Morgan fingerprint density at radius 2 is 1.81 bits per heavy atom. The van der Waals surface area contributed by atoms with E-state index in [1.165, 1.54) is 5.56 Å². The van der Waals surface area contributed by atoms with E-state index in [4.69, 9.17) is 10.5 Å². The summed E-state index contributed by atoms with van der Waals surface area (Å²) >= 11 is 0. The summed E-state index contributed by atoms with van der Waals surface area (Å²) in [4.78, 5) is 15.1. The number of ether oxygens (including phenoxy) is 1. The van der Waals surface area contributed by atoms with Crippen molar-refractivity contribution in [3.05, 3.63) is 34.4 Å². The molecule has 1 aromatic rings. The number of rotatable bonds is 1. The van der Waals surface area contributed by atoms with Crippen LogP contribution in [0.2, 0.25) is 0 Å². The third-order valence-electron chi connectivity index (χ3n) is 2.85. The van der Waals surface area contributed by atoms with Gasteiger partial charge in [-0.2, -0.15) is 4.99 Å². The van der Waals surface area contributed by atoms with E-state index in [1.807, 2.05) is 32.9 Å². The van der Waals surface area contributed by atoms with E-state index >= 15 is 0 Å². The van der Waals surface area contributed by atoms with E-state index < -0.39 is 6.10 Å². The summed E-state index contributed by atoms with van der Waals surface area (Å²) in [7, 11) is 0. The van der Waals surface area contributed by atoms with Crippen molar-refractivity contribution >= 4 is 11.9 Å². The van der Waals surface area contributed by atoms with Crippen LogP contribution in [0, 0.1) is 20.8 Å². The molecule has 1 aromatic carbocycles. The lowest BCUT2D eigenvalue weighted by Gasteiger charge is -2.14. The highest BCUT2D eigenvalue weighted by atomic mass is 16.5. The number of amidine groups is 1. The SMILES string of the molecule is Cc1cc(C)c(C2OC(N)=NC2=O)cc1C. The molecule has 2 N–H and O–H groups in total. The molecule has 0 fully saturated rings. The molecule has 0 saturated heterocycles. The Kier molecular flexibility index (Phi) is 2.42. The number of amides is 1. The van der Waals surface area contributed by atoms with Crippen molar-refractivity contribution in [1.82, 2.24) is 0 Å². The van der Waals surface area contributed by atoms with Gasteiger partial charge in [0.05, 0.1) is 0 Å². The van der Waals surface area contributed by atoms with Crippen molar-refractivity contribution in [1.29, 1.82) is 0 Å². The Bertz CT molecular complexity index is 492. The number of benzene rings is 1. The fourth-order valence-electron chi connectivity index (χ4n) is 1.83. The smallest absolute Gasteiger partial charge is 0.296 e. The average Bonchev–Trinajstić information content (AvgIpc) is 2.51. The summed E-state index contributed by atoms with van der Waals surface area (Å²) in [5.74, 6) is -0.330. The minimum absolute atomic E-state index is 0.0485. The van der Waals surface area contributed by atoms with Gasteiger partial charge in [0.2, 0.25) is 6.10 Å². The third-order valence-corrected chi connectivity index (χ3v) is 2.85. The summed E-state index contributed by atoms with van der Waals surface area (Å²) in [5, 5.41) is 0. The van der Waals surface area contributed by atoms with Gasteiger partial charge in [0.15, 0.2) is 0 Å². The number of carbonyl (C=O) groups is 1. The Morgan fingerprint density at radius 3 is 2.38 bits per heavy atom. The van der Waals surface area contributed by atoms with E-state index in [-0.39, 0.29) is 11.9 Å². The van der Waals surface area contributed by atoms with Crippen molar-refractivity contribution < 1.29 is 9.53 Å². The number of nitrogens with zero attached hydrogens (tertiary/aromatic N) is 1. The van der Waals surface area contributed by atoms with Gasteiger partial charge < -0.3 is 10.5 Å². The zero-order chi connectivity index (χ0) is 11.9. The molecule has 1 unspecified atom stereocenters. The van der Waals surface area contributed by atoms with Gasteiger partial charge in [-0.25, -0.2) is 0 Å². The molecule has 1 amide bonds. The fraction of sp³-hybridized carbons (Fsp3) is 0.333. The lowest BCUT2D eigenvalue weighted by molar-refractivity contribution is -0.122. The summed E-state index contributed by atoms with van der Waals surface area (Å²) in [6.07, 6.45) is -0.667. The van der Waals surface area contributed by atoms with Crippen LogP contribution in [0.15, 0.2) is 17.1 Å². The summed E-state index contributed by atoms with van der Waals surface area (Å²) < 4.78 is 5.21. The standard InChI is InChI=1S/C12H14N2O2/c1-6-4-8(3)9(5-7(6)2)10-11(15)14-12(13)16-10/h4-5,10H,1-3H3,(H2,13,14,15). The first kappa shape index (κ1) is 10.7. The van der Waals surface area contributed by atoms with Gasteiger partial charge in [-0.1, -0.05) is 12.1 Å². The van der Waals surface area contributed by atoms with Gasteiger partial charge in [-0.15, -0.1) is 0 Å². The summed E-state index contributed by atoms with van der Waals surface area (Å²) in [6, 6.07) is 3.95. The first-order valence-corrected chi connectivity index (χ1v) is 5.11. The Labute approximate surface area is 94.1 Å². The molecular weight excluding hydrogens is 204 g/mol. The molecule has 16 heavy (non-hydrogen) atoms. The average molecular weight is 218 g/mol. The molecule has 0 saturated carbocycles. The number of nitrogens with two attached hydrogens (primary N) is 1. The largest absolute Gasteiger partial charge is 0.447 e. The van der Waals surface area contributed by atoms with Crippen LogP contribution >= 0.6 is 0 Å². The van der Waals surface area contributed by atoms with Gasteiger partial charge in [0.1, 0.15) is 0 Å². The maximum absolute atomic E-state index is 11.5. The first-order chi connectivity index (χ1) is 7.49. The molecule has 1 heterocycles. The lowest BCUT2D eigenvalue weighted by atomic mass is 9.97. The maximum atomic E-state index is 11.5. The van der Waals surface area contributed by atoms with Crippen LogP contribution in [0.4, 0.5) is 0 Å². The highest BCUT2D eigenvalue weighted by Crippen LogP contribution is 2.28. The predicted molar refractivity (Wildman–Crippen MR) is 61.1 cm³/mol. The van der Waals surface area contributed by atoms with E-state index in [1.54, 1.807) is 0 Å². The number of hydrogen-bond acceptors (Lipinski definition) is 3. The van der Waals surface area contributed by atoms with Crippen LogP contribution in [-0.4, -0.2) is 11.9 Å². The van der Waals surface area contributed by atoms with Crippen molar-refractivity contribution in [3.8, 4) is 0 Å². The number of carbonyl (C=O) groups excluding carboxylic acids is 1. The second-order valence-electron chi connectivity index (χ2n) is 4.08. The number of aliphatic imine (C=N–C) groups is 1. The molecule has 84 valence electrons. The van der Waals surface area contributed by atoms with Crippen LogP contribution in [0.25, 0.3) is 0 Å². The van der Waals surface area contributed by atoms with Crippen molar-refractivity contribution in [2.75, 3.05) is 0 Å². The van der Waals surface area contributed by atoms with E-state index in [9.17, 15) is 4.79 Å². The molecule has 0 radical (unpaired) electrons. The highest BCUT2D eigenvalue weighted by Gasteiger charge is 2.30. The molecule has 4 nitrogen and oxygen atoms in total. The van der Waals surface area contributed by atoms with Crippen LogP contribution in [0.5, 0.6) is 0 Å². The fourth-order valence-corrected chi connectivity index (χ4v) is 1.83. The highest BCUT2D eigenvalue weighted by molar-refractivity contribution is 5.98. The Hall–Kier alpha value is -1.84. The van der Waals surface area contributed by atoms with Crippen molar-refractivity contribution in [2.45, 2.75) is 26.9 Å². The second kappa shape index (κ2) is 3.63. The molecule has 0 bridgehead atoms. The van der Waals surface area contributed by atoms with Gasteiger partial charge in [0.25, 0.3) is 11.9 Å². The molecule has 1 atom stereocenters. The van der Waals surface area contributed by atoms with E-state index in [0.29, 0.717) is 0 Å².